The number of aryl methyl sites for hydroxylation is 2. The molecule has 2 unspecified atom stereocenters. The van der Waals surface area contributed by atoms with E-state index in [1.54, 1.807) is 10.6 Å². The topological polar surface area (TPSA) is 84.3 Å². The van der Waals surface area contributed by atoms with Crippen molar-refractivity contribution >= 4 is 28.4 Å². The third-order valence-electron chi connectivity index (χ3n) is 8.55. The van der Waals surface area contributed by atoms with Gasteiger partial charge < -0.3 is 0 Å². The molecule has 3 aromatic carbocycles. The number of imide groups is 1. The van der Waals surface area contributed by atoms with Gasteiger partial charge in [0.2, 0.25) is 11.8 Å². The van der Waals surface area contributed by atoms with Gasteiger partial charge in [0.05, 0.1) is 34.1 Å². The molecule has 0 aliphatic carbocycles. The SMILES string of the molecule is Cc1cc(C)cc(N2C(=O)[C@H]3C(CC(C)C)NC4(c5ccccc5-n5c4nc4ccccc4c5=O)[C@H]3C2=O)c1. The number of hydrogen-bond donors (Lipinski definition) is 1. The minimum Gasteiger partial charge on any atom is -0.297 e. The molecule has 7 nitrogen and oxygen atoms in total. The lowest BCUT2D eigenvalue weighted by atomic mass is 9.75. The predicted octanol–water partition coefficient (Wildman–Crippen LogP) is 4.38. The van der Waals surface area contributed by atoms with Crippen LogP contribution in [0, 0.1) is 31.6 Å². The molecule has 1 aromatic heterocycles. The van der Waals surface area contributed by atoms with Crippen LogP contribution >= 0.6 is 0 Å². The van der Waals surface area contributed by atoms with Crippen LogP contribution < -0.4 is 15.8 Å². The minimum atomic E-state index is -1.11. The second kappa shape index (κ2) is 8.20. The van der Waals surface area contributed by atoms with Crippen molar-refractivity contribution in [3.8, 4) is 5.69 Å². The van der Waals surface area contributed by atoms with Crippen LogP contribution in [0.4, 0.5) is 5.69 Å². The van der Waals surface area contributed by atoms with E-state index in [1.165, 1.54) is 4.90 Å². The van der Waals surface area contributed by atoms with Gasteiger partial charge >= 0.3 is 0 Å². The molecular formula is C32H30N4O3. The Hall–Kier alpha value is -4.10. The number of para-hydroxylation sites is 2. The monoisotopic (exact) mass is 518 g/mol. The Labute approximate surface area is 226 Å². The van der Waals surface area contributed by atoms with Crippen molar-refractivity contribution in [3.05, 3.63) is 99.6 Å². The highest BCUT2D eigenvalue weighted by atomic mass is 16.2. The van der Waals surface area contributed by atoms with E-state index >= 15 is 0 Å². The molecule has 7 heteroatoms. The van der Waals surface area contributed by atoms with Crippen molar-refractivity contribution in [2.45, 2.75) is 45.7 Å². The van der Waals surface area contributed by atoms with Crippen molar-refractivity contribution in [1.82, 2.24) is 14.9 Å². The van der Waals surface area contributed by atoms with Gasteiger partial charge in [-0.25, -0.2) is 9.88 Å². The van der Waals surface area contributed by atoms with Gasteiger partial charge in [0, 0.05) is 11.6 Å². The second-order valence-electron chi connectivity index (χ2n) is 11.7. The molecule has 2 saturated heterocycles. The Bertz CT molecular complexity index is 1750. The zero-order valence-corrected chi connectivity index (χ0v) is 22.4. The molecule has 2 amide bonds. The average molecular weight is 519 g/mol. The summed E-state index contributed by atoms with van der Waals surface area (Å²) in [5.74, 6) is -0.985. The van der Waals surface area contributed by atoms with E-state index in [2.05, 4.69) is 19.2 Å². The number of carbonyl (C=O) groups is 2. The van der Waals surface area contributed by atoms with Crippen LogP contribution in [0.3, 0.4) is 0 Å². The fourth-order valence-corrected chi connectivity index (χ4v) is 7.26. The van der Waals surface area contributed by atoms with E-state index in [1.807, 2.05) is 74.5 Å². The number of anilines is 1. The van der Waals surface area contributed by atoms with Gasteiger partial charge in [0.1, 0.15) is 11.4 Å². The minimum absolute atomic E-state index is 0.173. The van der Waals surface area contributed by atoms with Crippen molar-refractivity contribution in [2.75, 3.05) is 4.90 Å². The Balaban J connectivity index is 1.52. The van der Waals surface area contributed by atoms with Crippen LogP contribution in [0.2, 0.25) is 0 Å². The summed E-state index contributed by atoms with van der Waals surface area (Å²) in [6, 6.07) is 20.6. The summed E-state index contributed by atoms with van der Waals surface area (Å²) < 4.78 is 1.65. The van der Waals surface area contributed by atoms with Gasteiger partial charge in [0.15, 0.2) is 0 Å². The number of aromatic nitrogens is 2. The fraction of sp³-hybridized carbons (Fsp3) is 0.312. The molecule has 4 aromatic rings. The Morgan fingerprint density at radius 1 is 0.923 bits per heavy atom. The first-order valence-corrected chi connectivity index (χ1v) is 13.6. The van der Waals surface area contributed by atoms with E-state index in [0.717, 1.165) is 16.7 Å². The molecule has 3 aliphatic rings. The normalized spacial score (nSPS) is 25.2. The molecule has 7 rings (SSSR count). The number of rotatable bonds is 3. The summed E-state index contributed by atoms with van der Waals surface area (Å²) in [5, 5.41) is 4.29. The first-order chi connectivity index (χ1) is 18.7. The molecule has 1 spiro atoms. The van der Waals surface area contributed by atoms with Crippen LogP contribution in [0.15, 0.2) is 71.5 Å². The summed E-state index contributed by atoms with van der Waals surface area (Å²) in [4.78, 5) is 49.1. The van der Waals surface area contributed by atoms with E-state index in [-0.39, 0.29) is 23.4 Å². The molecule has 39 heavy (non-hydrogen) atoms. The highest BCUT2D eigenvalue weighted by molar-refractivity contribution is 6.23. The summed E-state index contributed by atoms with van der Waals surface area (Å²) in [6.07, 6.45) is 0.711. The molecule has 2 fully saturated rings. The quantitative estimate of drug-likeness (QED) is 0.407. The maximum absolute atomic E-state index is 14.5. The summed E-state index contributed by atoms with van der Waals surface area (Å²) in [6.45, 7) is 8.19. The number of carbonyl (C=O) groups excluding carboxylic acids is 2. The van der Waals surface area contributed by atoms with E-state index < -0.39 is 17.4 Å². The molecule has 0 saturated carbocycles. The summed E-state index contributed by atoms with van der Waals surface area (Å²) >= 11 is 0. The number of benzene rings is 3. The van der Waals surface area contributed by atoms with E-state index in [9.17, 15) is 14.4 Å². The van der Waals surface area contributed by atoms with Gasteiger partial charge in [-0.2, -0.15) is 0 Å². The lowest BCUT2D eigenvalue weighted by Crippen LogP contribution is -2.50. The zero-order chi connectivity index (χ0) is 27.2. The van der Waals surface area contributed by atoms with E-state index in [0.29, 0.717) is 40.4 Å². The standard InChI is InChI=1S/C32H30N4O3/c1-17(2)13-24-26-27(30(39)35(29(26)38)20-15-18(3)14-19(4)16-20)32(34-24)22-10-6-8-12-25(22)36-28(37)21-9-5-7-11-23(21)33-31(32)36/h5-12,14-17,24,26-27,34H,13H2,1-4H3/t24?,26-,27+,32?/m0/s1. The van der Waals surface area contributed by atoms with Crippen LogP contribution in [0.5, 0.6) is 0 Å². The molecular weight excluding hydrogens is 488 g/mol. The van der Waals surface area contributed by atoms with Crippen molar-refractivity contribution in [2.24, 2.45) is 17.8 Å². The van der Waals surface area contributed by atoms with Gasteiger partial charge in [-0.1, -0.05) is 50.2 Å². The average Bonchev–Trinajstić information content (AvgIpc) is 3.46. The van der Waals surface area contributed by atoms with Gasteiger partial charge in [-0.05, 0) is 67.6 Å². The first kappa shape index (κ1) is 24.0. The smallest absolute Gasteiger partial charge is 0.266 e. The Kier molecular flexibility index (Phi) is 5.04. The van der Waals surface area contributed by atoms with Gasteiger partial charge in [0.25, 0.3) is 5.56 Å². The number of nitrogens with one attached hydrogen (secondary N) is 1. The van der Waals surface area contributed by atoms with Crippen LogP contribution in [0.1, 0.15) is 42.8 Å². The van der Waals surface area contributed by atoms with Crippen LogP contribution in [-0.2, 0) is 15.1 Å². The highest BCUT2D eigenvalue weighted by Crippen LogP contribution is 2.56. The molecule has 3 aliphatic heterocycles. The number of hydrogen-bond acceptors (Lipinski definition) is 5. The molecule has 0 radical (unpaired) electrons. The lowest BCUT2D eigenvalue weighted by Gasteiger charge is -2.32. The van der Waals surface area contributed by atoms with Gasteiger partial charge in [-0.15, -0.1) is 0 Å². The number of amides is 2. The maximum atomic E-state index is 14.5. The third-order valence-corrected chi connectivity index (χ3v) is 8.55. The largest absolute Gasteiger partial charge is 0.297 e. The molecule has 0 bridgehead atoms. The lowest BCUT2D eigenvalue weighted by molar-refractivity contribution is -0.123. The van der Waals surface area contributed by atoms with Crippen LogP contribution in [-0.4, -0.2) is 27.4 Å². The second-order valence-corrected chi connectivity index (χ2v) is 11.7. The van der Waals surface area contributed by atoms with Gasteiger partial charge in [-0.3, -0.25) is 24.3 Å². The zero-order valence-electron chi connectivity index (χ0n) is 22.4. The van der Waals surface area contributed by atoms with Crippen molar-refractivity contribution < 1.29 is 9.59 Å². The van der Waals surface area contributed by atoms with E-state index in [4.69, 9.17) is 4.98 Å². The highest BCUT2D eigenvalue weighted by Gasteiger charge is 2.69. The summed E-state index contributed by atoms with van der Waals surface area (Å²) in [7, 11) is 0. The Morgan fingerprint density at radius 2 is 1.62 bits per heavy atom. The van der Waals surface area contributed by atoms with Crippen LogP contribution in [0.25, 0.3) is 16.6 Å². The molecule has 4 heterocycles. The third kappa shape index (κ3) is 3.13. The predicted molar refractivity (Wildman–Crippen MR) is 150 cm³/mol. The van der Waals surface area contributed by atoms with Crippen molar-refractivity contribution in [1.29, 1.82) is 0 Å². The summed E-state index contributed by atoms with van der Waals surface area (Å²) in [5.41, 5.74) is 3.40. The Morgan fingerprint density at radius 3 is 2.36 bits per heavy atom. The molecule has 1 N–H and O–H groups in total. The first-order valence-electron chi connectivity index (χ1n) is 13.6. The molecule has 196 valence electrons. The fourth-order valence-electron chi connectivity index (χ4n) is 7.26. The maximum Gasteiger partial charge on any atom is 0.266 e. The van der Waals surface area contributed by atoms with Crippen molar-refractivity contribution in [3.63, 3.8) is 0 Å². The number of fused-ring (bicyclic) bond motifs is 8. The molecule has 4 atom stereocenters. The number of nitrogens with zero attached hydrogens (tertiary/aromatic N) is 3.